The van der Waals surface area contributed by atoms with Crippen LogP contribution in [0.1, 0.15) is 32.9 Å². The Morgan fingerprint density at radius 2 is 2.35 bits per heavy atom. The van der Waals surface area contributed by atoms with Gasteiger partial charge in [0.05, 0.1) is 5.69 Å². The molecule has 0 amide bonds. The fourth-order valence-corrected chi connectivity index (χ4v) is 2.24. The van der Waals surface area contributed by atoms with E-state index in [0.717, 1.165) is 18.2 Å². The Kier molecular flexibility index (Phi) is 4.00. The third kappa shape index (κ3) is 3.43. The lowest BCUT2D eigenvalue weighted by Gasteiger charge is -2.19. The molecule has 1 aliphatic heterocycles. The van der Waals surface area contributed by atoms with Crippen molar-refractivity contribution in [1.29, 1.82) is 0 Å². The Morgan fingerprint density at radius 1 is 1.53 bits per heavy atom. The van der Waals surface area contributed by atoms with Crippen molar-refractivity contribution in [1.82, 2.24) is 10.3 Å². The molecule has 1 aromatic rings. The molecular weight excluding hydrogens is 210 g/mol. The third-order valence-electron chi connectivity index (χ3n) is 3.28. The van der Waals surface area contributed by atoms with Crippen LogP contribution < -0.4 is 10.2 Å². The first kappa shape index (κ1) is 12.4. The number of rotatable bonds is 4. The molecule has 0 aromatic carbocycles. The van der Waals surface area contributed by atoms with Gasteiger partial charge in [-0.3, -0.25) is 4.98 Å². The quantitative estimate of drug-likeness (QED) is 0.865. The van der Waals surface area contributed by atoms with E-state index in [-0.39, 0.29) is 0 Å². The number of anilines is 1. The maximum Gasteiger partial charge on any atom is 0.0562 e. The molecular formula is C14H23N3. The molecule has 0 aliphatic carbocycles. The first-order chi connectivity index (χ1) is 8.15. The summed E-state index contributed by atoms with van der Waals surface area (Å²) >= 11 is 0. The van der Waals surface area contributed by atoms with Gasteiger partial charge in [-0.1, -0.05) is 20.8 Å². The van der Waals surface area contributed by atoms with E-state index >= 15 is 0 Å². The Bertz CT molecular complexity index is 362. The number of pyridine rings is 1. The molecule has 1 aliphatic rings. The standard InChI is InChI=1S/C14H23N3/c1-11(2)16-9-13-8-14(4-6-15-13)17-7-5-12(3)10-17/h4,6,8,11-12,16H,5,7,9-10H2,1-3H3. The molecule has 0 saturated carbocycles. The molecule has 17 heavy (non-hydrogen) atoms. The molecule has 1 atom stereocenters. The SMILES string of the molecule is CC1CCN(c2ccnc(CNC(C)C)c2)C1. The highest BCUT2D eigenvalue weighted by molar-refractivity contribution is 5.47. The van der Waals surface area contributed by atoms with Crippen molar-refractivity contribution >= 4 is 5.69 Å². The van der Waals surface area contributed by atoms with E-state index in [9.17, 15) is 0 Å². The minimum absolute atomic E-state index is 0.507. The van der Waals surface area contributed by atoms with Gasteiger partial charge in [0, 0.05) is 37.6 Å². The zero-order valence-corrected chi connectivity index (χ0v) is 11.1. The molecule has 1 N–H and O–H groups in total. The van der Waals surface area contributed by atoms with Crippen LogP contribution in [0.2, 0.25) is 0 Å². The minimum atomic E-state index is 0.507. The molecule has 2 rings (SSSR count). The molecule has 0 spiro atoms. The molecule has 1 saturated heterocycles. The minimum Gasteiger partial charge on any atom is -0.371 e. The van der Waals surface area contributed by atoms with Crippen LogP contribution in [0.25, 0.3) is 0 Å². The summed E-state index contributed by atoms with van der Waals surface area (Å²) in [4.78, 5) is 6.88. The molecule has 0 radical (unpaired) electrons. The zero-order valence-electron chi connectivity index (χ0n) is 11.1. The maximum atomic E-state index is 4.41. The maximum absolute atomic E-state index is 4.41. The van der Waals surface area contributed by atoms with Gasteiger partial charge in [-0.05, 0) is 24.5 Å². The normalized spacial score (nSPS) is 20.2. The van der Waals surface area contributed by atoms with E-state index in [2.05, 4.69) is 48.1 Å². The largest absolute Gasteiger partial charge is 0.371 e. The highest BCUT2D eigenvalue weighted by Gasteiger charge is 2.18. The van der Waals surface area contributed by atoms with Crippen molar-refractivity contribution in [2.45, 2.75) is 39.8 Å². The summed E-state index contributed by atoms with van der Waals surface area (Å²) in [7, 11) is 0. The Labute approximate surface area is 104 Å². The first-order valence-electron chi connectivity index (χ1n) is 6.58. The predicted octanol–water partition coefficient (Wildman–Crippen LogP) is 2.43. The van der Waals surface area contributed by atoms with E-state index in [4.69, 9.17) is 0 Å². The lowest BCUT2D eigenvalue weighted by Crippen LogP contribution is -2.23. The summed E-state index contributed by atoms with van der Waals surface area (Å²) in [6.45, 7) is 9.86. The highest BCUT2D eigenvalue weighted by atomic mass is 15.1. The summed E-state index contributed by atoms with van der Waals surface area (Å²) < 4.78 is 0. The lowest BCUT2D eigenvalue weighted by molar-refractivity contribution is 0.581. The topological polar surface area (TPSA) is 28.2 Å². The molecule has 1 aromatic heterocycles. The van der Waals surface area contributed by atoms with Crippen LogP contribution in [-0.4, -0.2) is 24.1 Å². The van der Waals surface area contributed by atoms with Gasteiger partial charge in [-0.25, -0.2) is 0 Å². The Morgan fingerprint density at radius 3 is 3.00 bits per heavy atom. The number of aromatic nitrogens is 1. The summed E-state index contributed by atoms with van der Waals surface area (Å²) in [5.74, 6) is 0.820. The summed E-state index contributed by atoms with van der Waals surface area (Å²) in [6.07, 6.45) is 3.23. The average molecular weight is 233 g/mol. The second-order valence-electron chi connectivity index (χ2n) is 5.38. The van der Waals surface area contributed by atoms with Gasteiger partial charge in [0.2, 0.25) is 0 Å². The molecule has 3 heteroatoms. The van der Waals surface area contributed by atoms with E-state index in [1.165, 1.54) is 25.2 Å². The molecule has 2 heterocycles. The van der Waals surface area contributed by atoms with E-state index in [1.807, 2.05) is 6.20 Å². The highest BCUT2D eigenvalue weighted by Crippen LogP contribution is 2.23. The monoisotopic (exact) mass is 233 g/mol. The third-order valence-corrected chi connectivity index (χ3v) is 3.28. The average Bonchev–Trinajstić information content (AvgIpc) is 2.74. The van der Waals surface area contributed by atoms with Gasteiger partial charge in [-0.15, -0.1) is 0 Å². The molecule has 1 fully saturated rings. The number of nitrogens with zero attached hydrogens (tertiary/aromatic N) is 2. The van der Waals surface area contributed by atoms with Gasteiger partial charge >= 0.3 is 0 Å². The molecule has 1 unspecified atom stereocenters. The second-order valence-corrected chi connectivity index (χ2v) is 5.38. The van der Waals surface area contributed by atoms with E-state index in [1.54, 1.807) is 0 Å². The fourth-order valence-electron chi connectivity index (χ4n) is 2.24. The number of hydrogen-bond donors (Lipinski definition) is 1. The summed E-state index contributed by atoms with van der Waals surface area (Å²) in [6, 6.07) is 4.84. The van der Waals surface area contributed by atoms with Crippen LogP contribution >= 0.6 is 0 Å². The predicted molar refractivity (Wildman–Crippen MR) is 72.2 cm³/mol. The van der Waals surface area contributed by atoms with Crippen molar-refractivity contribution in [3.63, 3.8) is 0 Å². The van der Waals surface area contributed by atoms with Gasteiger partial charge < -0.3 is 10.2 Å². The zero-order chi connectivity index (χ0) is 12.3. The van der Waals surface area contributed by atoms with Crippen molar-refractivity contribution in [2.24, 2.45) is 5.92 Å². The summed E-state index contributed by atoms with van der Waals surface area (Å²) in [5.41, 5.74) is 2.46. The smallest absolute Gasteiger partial charge is 0.0562 e. The van der Waals surface area contributed by atoms with Crippen LogP contribution in [0.3, 0.4) is 0 Å². The van der Waals surface area contributed by atoms with Crippen LogP contribution in [0.15, 0.2) is 18.3 Å². The van der Waals surface area contributed by atoms with Crippen molar-refractivity contribution < 1.29 is 0 Å². The van der Waals surface area contributed by atoms with Crippen molar-refractivity contribution in [2.75, 3.05) is 18.0 Å². The van der Waals surface area contributed by atoms with Crippen molar-refractivity contribution in [3.8, 4) is 0 Å². The van der Waals surface area contributed by atoms with Crippen LogP contribution in [-0.2, 0) is 6.54 Å². The van der Waals surface area contributed by atoms with Gasteiger partial charge in [0.25, 0.3) is 0 Å². The molecule has 0 bridgehead atoms. The fraction of sp³-hybridized carbons (Fsp3) is 0.643. The van der Waals surface area contributed by atoms with E-state index in [0.29, 0.717) is 6.04 Å². The number of nitrogens with one attached hydrogen (secondary N) is 1. The first-order valence-corrected chi connectivity index (χ1v) is 6.58. The van der Waals surface area contributed by atoms with Gasteiger partial charge in [-0.2, -0.15) is 0 Å². The van der Waals surface area contributed by atoms with Crippen LogP contribution in [0, 0.1) is 5.92 Å². The second kappa shape index (κ2) is 5.50. The van der Waals surface area contributed by atoms with Gasteiger partial charge in [0.15, 0.2) is 0 Å². The number of hydrogen-bond acceptors (Lipinski definition) is 3. The van der Waals surface area contributed by atoms with Crippen LogP contribution in [0.4, 0.5) is 5.69 Å². The van der Waals surface area contributed by atoms with E-state index < -0.39 is 0 Å². The Balaban J connectivity index is 2.01. The Hall–Kier alpha value is -1.09. The van der Waals surface area contributed by atoms with Crippen molar-refractivity contribution in [3.05, 3.63) is 24.0 Å². The van der Waals surface area contributed by atoms with Crippen LogP contribution in [0.5, 0.6) is 0 Å². The molecule has 3 nitrogen and oxygen atoms in total. The van der Waals surface area contributed by atoms with Gasteiger partial charge in [0.1, 0.15) is 0 Å². The lowest BCUT2D eigenvalue weighted by atomic mass is 10.2. The summed E-state index contributed by atoms with van der Waals surface area (Å²) in [5, 5.41) is 3.41. The molecule has 94 valence electrons.